The topological polar surface area (TPSA) is 82.0 Å². The second kappa shape index (κ2) is 2.83. The molecule has 2 rings (SSSR count). The van der Waals surface area contributed by atoms with Crippen LogP contribution in [0.2, 0.25) is 0 Å². The highest BCUT2D eigenvalue weighted by Gasteiger charge is 2.16. The number of aryl methyl sites for hydroxylation is 1. The number of H-pyrrole nitrogens is 1. The molecule has 2 aromatic rings. The summed E-state index contributed by atoms with van der Waals surface area (Å²) in [5.41, 5.74) is 2.66. The van der Waals surface area contributed by atoms with E-state index in [9.17, 15) is 0 Å². The summed E-state index contributed by atoms with van der Waals surface area (Å²) in [4.78, 5) is 0. The highest BCUT2D eigenvalue weighted by Crippen LogP contribution is 2.10. The van der Waals surface area contributed by atoms with Crippen molar-refractivity contribution in [3.05, 3.63) is 17.7 Å². The largest absolute Gasteiger partial charge is 0.488 e. The third-order valence-electron chi connectivity index (χ3n) is 2.07. The van der Waals surface area contributed by atoms with Gasteiger partial charge in [-0.2, -0.15) is 0 Å². The van der Waals surface area contributed by atoms with Crippen LogP contribution in [0.15, 0.2) is 12.1 Å². The molecule has 0 radical (unpaired) electrons. The van der Waals surface area contributed by atoms with Crippen molar-refractivity contribution in [2.24, 2.45) is 0 Å². The van der Waals surface area contributed by atoms with Crippen molar-refractivity contribution >= 4 is 23.6 Å². The van der Waals surface area contributed by atoms with Crippen LogP contribution in [0.5, 0.6) is 0 Å². The van der Waals surface area contributed by atoms with E-state index in [1.54, 1.807) is 19.1 Å². The Morgan fingerprint density at radius 2 is 2.15 bits per heavy atom. The fourth-order valence-electron chi connectivity index (χ4n) is 1.34. The van der Waals surface area contributed by atoms with Crippen LogP contribution in [0.4, 0.5) is 0 Å². The molecule has 0 aliphatic heterocycles. The number of aromatic nitrogens is 3. The predicted molar refractivity (Wildman–Crippen MR) is 48.5 cm³/mol. The molecule has 1 aromatic heterocycles. The smallest absolute Gasteiger partial charge is 0.423 e. The molecule has 0 amide bonds. The van der Waals surface area contributed by atoms with Gasteiger partial charge in [0.2, 0.25) is 0 Å². The molecule has 13 heavy (non-hydrogen) atoms. The summed E-state index contributed by atoms with van der Waals surface area (Å²) in [6, 6.07) is 3.36. The summed E-state index contributed by atoms with van der Waals surface area (Å²) in [6.07, 6.45) is 0. The van der Waals surface area contributed by atoms with E-state index in [2.05, 4.69) is 15.4 Å². The highest BCUT2D eigenvalue weighted by atomic mass is 16.4. The predicted octanol–water partition coefficient (Wildman–Crippen LogP) is -1.05. The van der Waals surface area contributed by atoms with Crippen LogP contribution >= 0.6 is 0 Å². The number of benzene rings is 1. The summed E-state index contributed by atoms with van der Waals surface area (Å²) < 4.78 is 0. The van der Waals surface area contributed by atoms with Crippen LogP contribution in [0, 0.1) is 6.92 Å². The van der Waals surface area contributed by atoms with Gasteiger partial charge in [-0.1, -0.05) is 11.3 Å². The van der Waals surface area contributed by atoms with Gasteiger partial charge in [-0.05, 0) is 24.0 Å². The molecule has 0 saturated heterocycles. The van der Waals surface area contributed by atoms with Crippen LogP contribution in [0.1, 0.15) is 5.56 Å². The van der Waals surface area contributed by atoms with Gasteiger partial charge < -0.3 is 10.0 Å². The quantitative estimate of drug-likeness (QED) is 0.485. The summed E-state index contributed by atoms with van der Waals surface area (Å²) in [5.74, 6) is 0. The zero-order valence-corrected chi connectivity index (χ0v) is 7.02. The Labute approximate surface area is 74.5 Å². The maximum Gasteiger partial charge on any atom is 0.488 e. The summed E-state index contributed by atoms with van der Waals surface area (Å²) in [7, 11) is -1.46. The molecule has 3 N–H and O–H groups in total. The minimum Gasteiger partial charge on any atom is -0.423 e. The highest BCUT2D eigenvalue weighted by molar-refractivity contribution is 6.59. The fourth-order valence-corrected chi connectivity index (χ4v) is 1.34. The number of nitrogens with one attached hydrogen (secondary N) is 1. The second-order valence-electron chi connectivity index (χ2n) is 2.86. The molecule has 5 nitrogen and oxygen atoms in total. The minimum atomic E-state index is -1.46. The molecule has 0 fully saturated rings. The van der Waals surface area contributed by atoms with E-state index >= 15 is 0 Å². The molecule has 66 valence electrons. The maximum atomic E-state index is 9.00. The average Bonchev–Trinajstić information content (AvgIpc) is 2.52. The van der Waals surface area contributed by atoms with Crippen LogP contribution in [0.25, 0.3) is 11.0 Å². The first kappa shape index (κ1) is 8.21. The number of hydrogen-bond donors (Lipinski definition) is 3. The first-order valence-corrected chi connectivity index (χ1v) is 3.86. The van der Waals surface area contributed by atoms with Crippen molar-refractivity contribution in [1.82, 2.24) is 15.4 Å². The molecule has 1 aromatic carbocycles. The van der Waals surface area contributed by atoms with Crippen molar-refractivity contribution in [2.75, 3.05) is 0 Å². The number of rotatable bonds is 1. The van der Waals surface area contributed by atoms with Gasteiger partial charge in [0.05, 0.1) is 5.52 Å². The van der Waals surface area contributed by atoms with E-state index in [0.29, 0.717) is 11.0 Å². The Hall–Kier alpha value is -1.40. The molecule has 0 bridgehead atoms. The maximum absolute atomic E-state index is 9.00. The summed E-state index contributed by atoms with van der Waals surface area (Å²) in [5, 5.41) is 28.2. The van der Waals surface area contributed by atoms with Crippen LogP contribution in [-0.4, -0.2) is 32.6 Å². The lowest BCUT2D eigenvalue weighted by Gasteiger charge is -2.03. The lowest BCUT2D eigenvalue weighted by Crippen LogP contribution is -2.32. The third-order valence-corrected chi connectivity index (χ3v) is 2.07. The Balaban J connectivity index is 2.73. The molecule has 0 aliphatic carbocycles. The van der Waals surface area contributed by atoms with Gasteiger partial charge in [0, 0.05) is 0 Å². The first-order valence-electron chi connectivity index (χ1n) is 3.86. The number of fused-ring (bicyclic) bond motifs is 1. The van der Waals surface area contributed by atoms with E-state index in [1.165, 1.54) is 0 Å². The molecular weight excluding hydrogens is 169 g/mol. The molecule has 0 spiro atoms. The van der Waals surface area contributed by atoms with E-state index in [0.717, 1.165) is 11.1 Å². The van der Waals surface area contributed by atoms with Crippen molar-refractivity contribution in [3.63, 3.8) is 0 Å². The average molecular weight is 177 g/mol. The normalized spacial score (nSPS) is 10.7. The van der Waals surface area contributed by atoms with Gasteiger partial charge in [0.15, 0.2) is 0 Å². The second-order valence-corrected chi connectivity index (χ2v) is 2.86. The lowest BCUT2D eigenvalue weighted by molar-refractivity contribution is 0.425. The van der Waals surface area contributed by atoms with Gasteiger partial charge in [-0.25, -0.2) is 0 Å². The summed E-state index contributed by atoms with van der Waals surface area (Å²) >= 11 is 0. The Bertz CT molecular complexity index is 440. The Morgan fingerprint density at radius 3 is 2.85 bits per heavy atom. The number of nitrogens with zero attached hydrogens (tertiary/aromatic N) is 2. The zero-order chi connectivity index (χ0) is 9.42. The fraction of sp³-hybridized carbons (Fsp3) is 0.143. The van der Waals surface area contributed by atoms with E-state index in [-0.39, 0.29) is 0 Å². The van der Waals surface area contributed by atoms with Gasteiger partial charge in [0.25, 0.3) is 0 Å². The Morgan fingerprint density at radius 1 is 1.38 bits per heavy atom. The lowest BCUT2D eigenvalue weighted by atomic mass is 9.77. The molecule has 1 heterocycles. The van der Waals surface area contributed by atoms with E-state index < -0.39 is 7.12 Å². The summed E-state index contributed by atoms with van der Waals surface area (Å²) in [6.45, 7) is 1.78. The van der Waals surface area contributed by atoms with Crippen LogP contribution in [-0.2, 0) is 0 Å². The molecule has 0 aliphatic rings. The zero-order valence-electron chi connectivity index (χ0n) is 7.02. The first-order chi connectivity index (χ1) is 6.20. The van der Waals surface area contributed by atoms with Gasteiger partial charge in [-0.15, -0.1) is 5.10 Å². The molecule has 6 heteroatoms. The van der Waals surface area contributed by atoms with Crippen molar-refractivity contribution in [2.45, 2.75) is 6.92 Å². The van der Waals surface area contributed by atoms with Gasteiger partial charge >= 0.3 is 7.12 Å². The SMILES string of the molecule is Cc1c(B(O)O)ccc2[nH]nnc12. The van der Waals surface area contributed by atoms with E-state index in [4.69, 9.17) is 10.0 Å². The van der Waals surface area contributed by atoms with Crippen molar-refractivity contribution in [3.8, 4) is 0 Å². The van der Waals surface area contributed by atoms with Crippen LogP contribution < -0.4 is 5.46 Å². The monoisotopic (exact) mass is 177 g/mol. The van der Waals surface area contributed by atoms with Crippen LogP contribution in [0.3, 0.4) is 0 Å². The van der Waals surface area contributed by atoms with Crippen molar-refractivity contribution in [1.29, 1.82) is 0 Å². The molecular formula is C7H8BN3O2. The van der Waals surface area contributed by atoms with Gasteiger partial charge in [0.1, 0.15) is 5.52 Å². The van der Waals surface area contributed by atoms with Crippen molar-refractivity contribution < 1.29 is 10.0 Å². The number of hydrogen-bond acceptors (Lipinski definition) is 4. The minimum absolute atomic E-state index is 0.460. The third kappa shape index (κ3) is 1.20. The molecule has 0 unspecified atom stereocenters. The van der Waals surface area contributed by atoms with E-state index in [1.807, 2.05) is 0 Å². The standard InChI is InChI=1S/C7H8BN3O2/c1-4-5(8(12)13)2-3-6-7(4)10-11-9-6/h2-3,12-13H,1H3,(H,9,10,11). The Kier molecular flexibility index (Phi) is 1.79. The molecule has 0 atom stereocenters. The number of aromatic amines is 1. The van der Waals surface area contributed by atoms with Gasteiger partial charge in [-0.3, -0.25) is 5.10 Å². The molecule has 0 saturated carbocycles.